The first-order valence-electron chi connectivity index (χ1n) is 5.78. The van der Waals surface area contributed by atoms with Crippen LogP contribution in [0.2, 0.25) is 0 Å². The van der Waals surface area contributed by atoms with Gasteiger partial charge in [0.1, 0.15) is 17.8 Å². The summed E-state index contributed by atoms with van der Waals surface area (Å²) in [6.45, 7) is 2.75. The van der Waals surface area contributed by atoms with Crippen LogP contribution in [-0.2, 0) is 4.74 Å². The summed E-state index contributed by atoms with van der Waals surface area (Å²) in [5.74, 6) is -2.14. The Morgan fingerprint density at radius 1 is 1.40 bits per heavy atom. The second-order valence-corrected chi connectivity index (χ2v) is 3.87. The van der Waals surface area contributed by atoms with Crippen LogP contribution in [0.25, 0.3) is 0 Å². The summed E-state index contributed by atoms with van der Waals surface area (Å²) in [4.78, 5) is 0. The fraction of sp³-hybridized carbons (Fsp3) is 1.00. The first-order valence-corrected chi connectivity index (χ1v) is 5.21. The van der Waals surface area contributed by atoms with Crippen LogP contribution in [0.15, 0.2) is 0 Å². The third kappa shape index (κ3) is 1.79. The van der Waals surface area contributed by atoms with E-state index in [4.69, 9.17) is 11.2 Å². The van der Waals surface area contributed by atoms with Gasteiger partial charge in [0.15, 0.2) is 5.79 Å². The van der Waals surface area contributed by atoms with Gasteiger partial charge in [0.05, 0.1) is 6.61 Å². The van der Waals surface area contributed by atoms with Gasteiger partial charge in [-0.05, 0) is 6.42 Å². The number of ether oxygens (including phenoxy) is 1. The van der Waals surface area contributed by atoms with E-state index >= 15 is 0 Å². The van der Waals surface area contributed by atoms with Gasteiger partial charge in [0.25, 0.3) is 0 Å². The van der Waals surface area contributed by atoms with Crippen molar-refractivity contribution < 1.29 is 26.5 Å². The molecule has 1 rings (SSSR count). The van der Waals surface area contributed by atoms with Crippen LogP contribution in [0.4, 0.5) is 0 Å². The average molecular weight is 221 g/mol. The van der Waals surface area contributed by atoms with Crippen molar-refractivity contribution in [3.8, 4) is 0 Å². The van der Waals surface area contributed by atoms with Gasteiger partial charge in [-0.25, -0.2) is 0 Å². The third-order valence-electron chi connectivity index (χ3n) is 2.99. The quantitative estimate of drug-likeness (QED) is 0.507. The van der Waals surface area contributed by atoms with Crippen LogP contribution in [0, 0.1) is 0 Å². The molecule has 15 heavy (non-hydrogen) atoms. The highest BCUT2D eigenvalue weighted by Crippen LogP contribution is 2.43. The van der Waals surface area contributed by atoms with Crippen LogP contribution < -0.4 is 0 Å². The molecule has 1 aliphatic rings. The molecule has 5 atom stereocenters. The molecule has 0 amide bonds. The summed E-state index contributed by atoms with van der Waals surface area (Å²) in [7, 11) is 0. The van der Waals surface area contributed by atoms with Crippen molar-refractivity contribution in [3.05, 3.63) is 0 Å². The van der Waals surface area contributed by atoms with Crippen molar-refractivity contribution >= 4 is 0 Å². The first kappa shape index (κ1) is 11.3. The number of aliphatic hydroxyl groups excluding tert-OH is 2. The molecule has 0 aromatic rings. The van der Waals surface area contributed by atoms with E-state index in [1.54, 1.807) is 13.8 Å². The standard InChI is InChI=1S/C10H20O5/c1-3-5-10(14)9(13,4-2)8(12)7(6-11)15-10/h7-8,11-14H,3-6H2,1-2H3/t7-,8+,9-,10?/m1/s1/i5D/t5?,7-,8+,9-,10?. The van der Waals surface area contributed by atoms with Gasteiger partial charge >= 0.3 is 0 Å². The maximum absolute atomic E-state index is 10.2. The van der Waals surface area contributed by atoms with E-state index in [1.165, 1.54) is 0 Å². The molecule has 90 valence electrons. The molecule has 2 unspecified atom stereocenters. The Hall–Kier alpha value is -0.200. The summed E-state index contributed by atoms with van der Waals surface area (Å²) in [6, 6.07) is 0. The van der Waals surface area contributed by atoms with Crippen molar-refractivity contribution in [2.45, 2.75) is 56.7 Å². The van der Waals surface area contributed by atoms with Crippen LogP contribution in [-0.4, -0.2) is 50.6 Å². The van der Waals surface area contributed by atoms with Gasteiger partial charge < -0.3 is 25.2 Å². The normalized spacial score (nSPS) is 49.1. The lowest BCUT2D eigenvalue weighted by atomic mass is 9.83. The second-order valence-electron chi connectivity index (χ2n) is 3.87. The highest BCUT2D eigenvalue weighted by Gasteiger charge is 2.62. The third-order valence-corrected chi connectivity index (χ3v) is 2.99. The van der Waals surface area contributed by atoms with Crippen LogP contribution in [0.3, 0.4) is 0 Å². The van der Waals surface area contributed by atoms with Crippen LogP contribution in [0.5, 0.6) is 0 Å². The maximum atomic E-state index is 10.2. The highest BCUT2D eigenvalue weighted by molar-refractivity contribution is 5.06. The summed E-state index contributed by atoms with van der Waals surface area (Å²) in [6.07, 6.45) is -3.23. The van der Waals surface area contributed by atoms with Gasteiger partial charge in [-0.3, -0.25) is 0 Å². The molecule has 5 heteroatoms. The first-order chi connectivity index (χ1) is 7.37. The largest absolute Gasteiger partial charge is 0.394 e. The Morgan fingerprint density at radius 2 is 2.00 bits per heavy atom. The van der Waals surface area contributed by atoms with E-state index in [9.17, 15) is 15.3 Å². The maximum Gasteiger partial charge on any atom is 0.198 e. The summed E-state index contributed by atoms with van der Waals surface area (Å²) < 4.78 is 12.8. The van der Waals surface area contributed by atoms with Crippen molar-refractivity contribution in [1.29, 1.82) is 0 Å². The van der Waals surface area contributed by atoms with E-state index in [0.717, 1.165) is 0 Å². The molecule has 0 aromatic carbocycles. The molecule has 1 heterocycles. The molecule has 0 saturated carbocycles. The zero-order valence-corrected chi connectivity index (χ0v) is 9.05. The SMILES string of the molecule is [2H]C(CC)C1(O)O[C@H](CO)[C@H](O)[C@]1(O)CC. The Balaban J connectivity index is 3.09. The van der Waals surface area contributed by atoms with Crippen molar-refractivity contribution in [3.63, 3.8) is 0 Å². The van der Waals surface area contributed by atoms with E-state index in [1.807, 2.05) is 0 Å². The number of rotatable bonds is 4. The second kappa shape index (κ2) is 4.35. The summed E-state index contributed by atoms with van der Waals surface area (Å²) in [5, 5.41) is 39.2. The Bertz CT molecular complexity index is 249. The molecule has 0 bridgehead atoms. The molecule has 0 spiro atoms. The Morgan fingerprint density at radius 3 is 2.40 bits per heavy atom. The lowest BCUT2D eigenvalue weighted by molar-refractivity contribution is -0.272. The van der Waals surface area contributed by atoms with Crippen LogP contribution >= 0.6 is 0 Å². The summed E-state index contributed by atoms with van der Waals surface area (Å²) >= 11 is 0. The zero-order chi connectivity index (χ0) is 12.6. The van der Waals surface area contributed by atoms with Gasteiger partial charge in [0.2, 0.25) is 0 Å². The molecule has 4 N–H and O–H groups in total. The van der Waals surface area contributed by atoms with Crippen molar-refractivity contribution in [1.82, 2.24) is 0 Å². The smallest absolute Gasteiger partial charge is 0.198 e. The van der Waals surface area contributed by atoms with E-state index in [2.05, 4.69) is 0 Å². The molecule has 0 radical (unpaired) electrons. The molecule has 1 aliphatic heterocycles. The van der Waals surface area contributed by atoms with Gasteiger partial charge in [-0.15, -0.1) is 0 Å². The monoisotopic (exact) mass is 221 g/mol. The molecule has 5 nitrogen and oxygen atoms in total. The number of hydrogen-bond donors (Lipinski definition) is 4. The van der Waals surface area contributed by atoms with E-state index < -0.39 is 36.6 Å². The molecular weight excluding hydrogens is 200 g/mol. The Kier molecular flexibility index (Phi) is 3.27. The minimum Gasteiger partial charge on any atom is -0.394 e. The fourth-order valence-electron chi connectivity index (χ4n) is 2.02. The molecule has 1 fully saturated rings. The topological polar surface area (TPSA) is 90.2 Å². The highest BCUT2D eigenvalue weighted by atomic mass is 16.7. The van der Waals surface area contributed by atoms with Crippen molar-refractivity contribution in [2.24, 2.45) is 0 Å². The van der Waals surface area contributed by atoms with E-state index in [-0.39, 0.29) is 12.8 Å². The number of aliphatic hydroxyl groups is 4. The molecule has 0 aromatic heterocycles. The minimum absolute atomic E-state index is 0.0382. The predicted octanol–water partition coefficient (Wildman–Crippen LogP) is -0.632. The van der Waals surface area contributed by atoms with E-state index in [0.29, 0.717) is 0 Å². The van der Waals surface area contributed by atoms with Gasteiger partial charge in [0, 0.05) is 7.77 Å². The predicted molar refractivity (Wildman–Crippen MR) is 53.1 cm³/mol. The zero-order valence-electron chi connectivity index (χ0n) is 10.1. The lowest BCUT2D eigenvalue weighted by Gasteiger charge is -2.36. The Labute approximate surface area is 90.7 Å². The fourth-order valence-corrected chi connectivity index (χ4v) is 2.02. The van der Waals surface area contributed by atoms with Crippen molar-refractivity contribution in [2.75, 3.05) is 6.61 Å². The number of hydrogen-bond acceptors (Lipinski definition) is 5. The van der Waals surface area contributed by atoms with Crippen LogP contribution in [0.1, 0.15) is 34.5 Å². The molecule has 0 aliphatic carbocycles. The van der Waals surface area contributed by atoms with Gasteiger partial charge in [-0.2, -0.15) is 0 Å². The average Bonchev–Trinajstić information content (AvgIpc) is 2.50. The molecule has 1 saturated heterocycles. The summed E-state index contributed by atoms with van der Waals surface area (Å²) in [5.41, 5.74) is -1.91. The lowest BCUT2D eigenvalue weighted by Crippen LogP contribution is -2.56. The molecular formula is C10H20O5. The van der Waals surface area contributed by atoms with Gasteiger partial charge in [-0.1, -0.05) is 20.3 Å². The minimum atomic E-state index is -2.14.